The molecule has 4 aromatic carbocycles. The highest BCUT2D eigenvalue weighted by molar-refractivity contribution is 7.11. The molecule has 11 rings (SSSR count). The number of carbonyl (C=O) groups is 1. The summed E-state index contributed by atoms with van der Waals surface area (Å²) in [5.41, 5.74) is 19.0. The molecule has 0 atom stereocenters. The van der Waals surface area contributed by atoms with Crippen LogP contribution in [0.2, 0.25) is 0 Å². The summed E-state index contributed by atoms with van der Waals surface area (Å²) < 4.78 is 55.7. The van der Waals surface area contributed by atoms with Crippen LogP contribution in [0.15, 0.2) is 116 Å². The lowest BCUT2D eigenvalue weighted by Crippen LogP contribution is -2.20. The molecule has 20 heteroatoms. The zero-order valence-corrected chi connectivity index (χ0v) is 45.8. The minimum Gasteiger partial charge on any atom is -0.488 e. The number of hydrogen-bond acceptors (Lipinski definition) is 14. The van der Waals surface area contributed by atoms with Gasteiger partial charge in [0, 0.05) is 66.2 Å². The van der Waals surface area contributed by atoms with Gasteiger partial charge >= 0.3 is 5.97 Å². The van der Waals surface area contributed by atoms with Gasteiger partial charge in [-0.15, -0.1) is 22.7 Å². The van der Waals surface area contributed by atoms with Crippen LogP contribution in [-0.4, -0.2) is 65.7 Å². The summed E-state index contributed by atoms with van der Waals surface area (Å²) >= 11 is 3.09. The Hall–Kier alpha value is -8.38. The number of ether oxygens (including phenoxy) is 4. The lowest BCUT2D eigenvalue weighted by atomic mass is 9.99. The van der Waals surface area contributed by atoms with Gasteiger partial charge in [-0.05, 0) is 120 Å². The van der Waals surface area contributed by atoms with Crippen molar-refractivity contribution >= 4 is 57.0 Å². The Morgan fingerprint density at radius 3 is 1.59 bits per heavy atom. The van der Waals surface area contributed by atoms with Crippen LogP contribution in [0.5, 0.6) is 34.5 Å². The van der Waals surface area contributed by atoms with Crippen LogP contribution in [0.1, 0.15) is 94.1 Å². The predicted molar refractivity (Wildman–Crippen MR) is 304 cm³/mol. The number of likely N-dealkylation sites (N-methyl/N-ethyl adjacent to an activating group) is 1. The van der Waals surface area contributed by atoms with Crippen molar-refractivity contribution in [3.8, 4) is 45.9 Å². The number of hydrogen-bond donors (Lipinski definition) is 3. The van der Waals surface area contributed by atoms with Crippen molar-refractivity contribution in [3.63, 3.8) is 0 Å². The third-order valence-corrected chi connectivity index (χ3v) is 15.1. The van der Waals surface area contributed by atoms with E-state index in [-0.39, 0.29) is 6.54 Å². The number of carboxylic acid groups (broad SMARTS) is 1. The number of nitrogen functional groups attached to an aromatic ring is 2. The maximum absolute atomic E-state index is 14.3. The zero-order chi connectivity index (χ0) is 55.6. The Balaban J connectivity index is 0.000000171. The van der Waals surface area contributed by atoms with Crippen molar-refractivity contribution in [1.82, 2.24) is 34.0 Å². The van der Waals surface area contributed by atoms with Crippen LogP contribution in [0.4, 0.5) is 26.1 Å². The van der Waals surface area contributed by atoms with Gasteiger partial charge < -0.3 is 44.9 Å². The van der Waals surface area contributed by atoms with E-state index in [0.29, 0.717) is 76.9 Å². The number of benzene rings is 4. The molecule has 5 aromatic heterocycles. The van der Waals surface area contributed by atoms with Crippen molar-refractivity contribution < 1.29 is 37.6 Å². The molecule has 2 saturated carbocycles. The molecule has 16 nitrogen and oxygen atoms in total. The number of fused-ring (bicyclic) bond motifs is 1. The SMILES string of the molecule is CN(C)CC(=O)O.Cc1ncc(COc2cc(F)cc(Oc3ccc(-n4cc(C5CCCC5)c5ncnc(N)c54)cc3)c2)s1.[C-]#[N+]c1c(N)c(C2CCCC2)cn1-c1ccc(Oc2cc(F)cc(OCc3cnc(C)s3)c2)cc1. The molecule has 0 aliphatic heterocycles. The largest absolute Gasteiger partial charge is 0.488 e. The van der Waals surface area contributed by atoms with Crippen molar-refractivity contribution in [2.24, 2.45) is 0 Å². The molecule has 9 aromatic rings. The molecule has 2 aliphatic rings. The fourth-order valence-electron chi connectivity index (χ4n) is 9.75. The molecular weight excluding hydrogens is 1050 g/mol. The molecule has 0 spiro atoms. The second kappa shape index (κ2) is 25.4. The lowest BCUT2D eigenvalue weighted by molar-refractivity contribution is -0.137. The summed E-state index contributed by atoms with van der Waals surface area (Å²) in [4.78, 5) is 34.2. The van der Waals surface area contributed by atoms with E-state index in [0.717, 1.165) is 60.6 Å². The van der Waals surface area contributed by atoms with Crippen molar-refractivity contribution in [3.05, 3.63) is 170 Å². The van der Waals surface area contributed by atoms with Gasteiger partial charge in [0.2, 0.25) is 0 Å². The van der Waals surface area contributed by atoms with E-state index in [1.807, 2.05) is 61.0 Å². The van der Waals surface area contributed by atoms with Crippen molar-refractivity contribution in [2.45, 2.75) is 90.3 Å². The van der Waals surface area contributed by atoms with E-state index in [1.54, 1.807) is 78.3 Å². The Labute approximate surface area is 464 Å². The summed E-state index contributed by atoms with van der Waals surface area (Å²) in [6, 6.07) is 23.6. The van der Waals surface area contributed by atoms with E-state index in [4.69, 9.17) is 42.1 Å². The maximum atomic E-state index is 14.3. The van der Waals surface area contributed by atoms with Crippen LogP contribution in [-0.2, 0) is 18.0 Å². The van der Waals surface area contributed by atoms with Crippen LogP contribution < -0.4 is 30.4 Å². The second-order valence-corrected chi connectivity index (χ2v) is 22.2. The third kappa shape index (κ3) is 14.2. The average molecular weight is 1110 g/mol. The number of rotatable bonds is 16. The molecular formula is C59H60F2N10O6S2. The number of anilines is 2. The van der Waals surface area contributed by atoms with Gasteiger partial charge in [0.15, 0.2) is 5.82 Å². The number of nitrogens with two attached hydrogens (primary N) is 2. The standard InChI is InChI=1S/C28H26FN5O2S.C27H25FN4O2S.C4H9NO2/c1-17-31-13-24(37-17)15-35-22-10-19(29)11-23(12-22)36-21-8-6-20(7-9-21)34-14-25(18-4-2-3-5-18)26-27(34)28(30)33-16-32-26;1-17-31-14-24(35-17)16-33-22-11-19(28)12-23(13-22)34-21-9-7-20(8-10-21)32-15-25(18-5-3-4-6-18)26(29)27(32)30-2;1-5(2)3-4(6)7/h6-14,16,18H,2-5,15H2,1H3,(H2,30,32,33);7-15,18H,3-6,16,29H2,1H3;3H2,1-2H3,(H,6,7). The molecule has 408 valence electrons. The second-order valence-electron chi connectivity index (χ2n) is 19.5. The van der Waals surface area contributed by atoms with Gasteiger partial charge in [0.05, 0.1) is 43.7 Å². The maximum Gasteiger partial charge on any atom is 0.317 e. The van der Waals surface area contributed by atoms with Crippen molar-refractivity contribution in [1.29, 1.82) is 0 Å². The number of aliphatic carboxylic acids is 1. The summed E-state index contributed by atoms with van der Waals surface area (Å²) in [6.07, 6.45) is 18.6. The summed E-state index contributed by atoms with van der Waals surface area (Å²) in [7, 11) is 3.43. The number of halogens is 2. The zero-order valence-electron chi connectivity index (χ0n) is 44.2. The predicted octanol–water partition coefficient (Wildman–Crippen LogP) is 14.1. The van der Waals surface area contributed by atoms with E-state index in [9.17, 15) is 13.6 Å². The Morgan fingerprint density at radius 2 is 1.15 bits per heavy atom. The van der Waals surface area contributed by atoms with Gasteiger partial charge in [0.1, 0.15) is 76.9 Å². The number of aromatic nitrogens is 6. The molecule has 5 heterocycles. The summed E-state index contributed by atoms with van der Waals surface area (Å²) in [5.74, 6) is 2.73. The minimum absolute atomic E-state index is 0.111. The quantitative estimate of drug-likeness (QED) is 0.0774. The summed E-state index contributed by atoms with van der Waals surface area (Å²) in [6.45, 7) is 12.2. The fraction of sp³-hybridized carbons (Fsp3) is 0.288. The van der Waals surface area contributed by atoms with Gasteiger partial charge in [0.25, 0.3) is 5.82 Å². The van der Waals surface area contributed by atoms with Gasteiger partial charge in [-0.25, -0.2) is 28.7 Å². The molecule has 0 unspecified atom stereocenters. The summed E-state index contributed by atoms with van der Waals surface area (Å²) in [5, 5.41) is 9.96. The molecule has 0 saturated heterocycles. The first-order valence-electron chi connectivity index (χ1n) is 25.8. The monoisotopic (exact) mass is 1110 g/mol. The van der Waals surface area contributed by atoms with Crippen LogP contribution in [0.25, 0.3) is 27.3 Å². The number of carboxylic acids is 1. The molecule has 0 amide bonds. The smallest absolute Gasteiger partial charge is 0.317 e. The molecule has 5 N–H and O–H groups in total. The molecule has 0 radical (unpaired) electrons. The van der Waals surface area contributed by atoms with Gasteiger partial charge in [-0.3, -0.25) is 14.3 Å². The Morgan fingerprint density at radius 1 is 0.684 bits per heavy atom. The van der Waals surface area contributed by atoms with E-state index in [1.165, 1.54) is 74.7 Å². The first-order valence-corrected chi connectivity index (χ1v) is 27.4. The Bertz CT molecular complexity index is 3580. The molecule has 2 aliphatic carbocycles. The highest BCUT2D eigenvalue weighted by Crippen LogP contribution is 2.43. The number of aryl methyl sites for hydroxylation is 2. The van der Waals surface area contributed by atoms with Crippen LogP contribution in [0.3, 0.4) is 0 Å². The fourth-order valence-corrected chi connectivity index (χ4v) is 11.2. The molecule has 0 bridgehead atoms. The third-order valence-electron chi connectivity index (χ3n) is 13.3. The first-order chi connectivity index (χ1) is 38.2. The molecule has 2 fully saturated rings. The normalized spacial score (nSPS) is 13.4. The number of nitrogens with zero attached hydrogens (tertiary/aromatic N) is 8. The number of thiazole rings is 2. The minimum atomic E-state index is -0.787. The lowest BCUT2D eigenvalue weighted by Gasteiger charge is -2.11. The van der Waals surface area contributed by atoms with E-state index < -0.39 is 17.6 Å². The van der Waals surface area contributed by atoms with Crippen LogP contribution >= 0.6 is 22.7 Å². The topological polar surface area (TPSA) is 195 Å². The average Bonchev–Trinajstić information content (AvgIpc) is 4.47. The van der Waals surface area contributed by atoms with E-state index >= 15 is 0 Å². The highest BCUT2D eigenvalue weighted by atomic mass is 32.1. The molecule has 79 heavy (non-hydrogen) atoms. The van der Waals surface area contributed by atoms with E-state index in [2.05, 4.69) is 35.5 Å². The van der Waals surface area contributed by atoms with Crippen LogP contribution in [0, 0.1) is 32.1 Å². The van der Waals surface area contributed by atoms with Gasteiger partial charge in [-0.1, -0.05) is 32.3 Å². The van der Waals surface area contributed by atoms with Crippen molar-refractivity contribution in [2.75, 3.05) is 32.1 Å². The van der Waals surface area contributed by atoms with Gasteiger partial charge in [-0.2, -0.15) is 0 Å². The highest BCUT2D eigenvalue weighted by Gasteiger charge is 2.26. The Kier molecular flexibility index (Phi) is 17.8. The first kappa shape index (κ1) is 55.4.